The van der Waals surface area contributed by atoms with Gasteiger partial charge in [0.2, 0.25) is 17.7 Å². The van der Waals surface area contributed by atoms with E-state index in [0.717, 1.165) is 19.3 Å². The van der Waals surface area contributed by atoms with Crippen LogP contribution in [0.1, 0.15) is 33.1 Å². The molecule has 3 amide bonds. The second-order valence-corrected chi connectivity index (χ2v) is 7.80. The van der Waals surface area contributed by atoms with Gasteiger partial charge in [0.1, 0.15) is 5.60 Å². The smallest absolute Gasteiger partial charge is 0.239 e. The number of ether oxygens (including phenoxy) is 1. The van der Waals surface area contributed by atoms with Gasteiger partial charge in [0.15, 0.2) is 0 Å². The van der Waals surface area contributed by atoms with Crippen molar-refractivity contribution in [1.82, 2.24) is 15.1 Å². The van der Waals surface area contributed by atoms with Crippen LogP contribution in [0.2, 0.25) is 0 Å². The summed E-state index contributed by atoms with van der Waals surface area (Å²) >= 11 is 0. The molecule has 7 nitrogen and oxygen atoms in total. The summed E-state index contributed by atoms with van der Waals surface area (Å²) in [4.78, 5) is 41.8. The van der Waals surface area contributed by atoms with Crippen LogP contribution < -0.4 is 5.32 Å². The summed E-state index contributed by atoms with van der Waals surface area (Å²) in [6.07, 6.45) is 6.08. The van der Waals surface area contributed by atoms with E-state index in [1.807, 2.05) is 17.1 Å². The van der Waals surface area contributed by atoms with E-state index in [9.17, 15) is 14.4 Å². The third kappa shape index (κ3) is 2.47. The highest BCUT2D eigenvalue weighted by atomic mass is 16.5. The summed E-state index contributed by atoms with van der Waals surface area (Å²) in [7, 11) is 0. The summed E-state index contributed by atoms with van der Waals surface area (Å²) in [6, 6.07) is 0.179. The van der Waals surface area contributed by atoms with Gasteiger partial charge in [-0.2, -0.15) is 0 Å². The first-order valence-electron chi connectivity index (χ1n) is 9.74. The van der Waals surface area contributed by atoms with Crippen molar-refractivity contribution in [1.29, 1.82) is 0 Å². The monoisotopic (exact) mass is 361 g/mol. The molecular weight excluding hydrogens is 334 g/mol. The molecule has 0 aliphatic carbocycles. The number of nitrogens with one attached hydrogen (secondary N) is 1. The lowest BCUT2D eigenvalue weighted by Crippen LogP contribution is -2.48. The number of carbonyl (C=O) groups is 3. The number of hydrogen-bond acceptors (Lipinski definition) is 4. The Hall–Kier alpha value is -1.89. The van der Waals surface area contributed by atoms with Gasteiger partial charge in [-0.25, -0.2) is 0 Å². The quantitative estimate of drug-likeness (QED) is 0.731. The van der Waals surface area contributed by atoms with E-state index in [-0.39, 0.29) is 36.4 Å². The molecule has 3 saturated heterocycles. The summed E-state index contributed by atoms with van der Waals surface area (Å²) in [6.45, 7) is 5.88. The Morgan fingerprint density at radius 1 is 1.38 bits per heavy atom. The molecule has 0 saturated carbocycles. The third-order valence-corrected chi connectivity index (χ3v) is 6.37. The first-order chi connectivity index (χ1) is 12.5. The fourth-order valence-electron chi connectivity index (χ4n) is 5.05. The maximum Gasteiger partial charge on any atom is 0.239 e. The number of nitrogens with zero attached hydrogens (tertiary/aromatic N) is 2. The Balaban J connectivity index is 1.60. The predicted molar refractivity (Wildman–Crippen MR) is 94.0 cm³/mol. The molecule has 142 valence electrons. The average Bonchev–Trinajstić information content (AvgIpc) is 3.20. The van der Waals surface area contributed by atoms with E-state index in [1.54, 1.807) is 4.90 Å². The topological polar surface area (TPSA) is 79.0 Å². The molecule has 3 fully saturated rings. The normalized spacial score (nSPS) is 35.9. The van der Waals surface area contributed by atoms with Crippen molar-refractivity contribution >= 4 is 17.7 Å². The van der Waals surface area contributed by atoms with Gasteiger partial charge in [0, 0.05) is 19.1 Å². The lowest BCUT2D eigenvalue weighted by Gasteiger charge is -2.30. The van der Waals surface area contributed by atoms with Crippen molar-refractivity contribution in [3.63, 3.8) is 0 Å². The second kappa shape index (κ2) is 6.37. The maximum absolute atomic E-state index is 13.3. The first kappa shape index (κ1) is 17.5. The minimum Gasteiger partial charge on any atom is -0.360 e. The predicted octanol–water partition coefficient (Wildman–Crippen LogP) is 0.306. The van der Waals surface area contributed by atoms with E-state index in [0.29, 0.717) is 19.6 Å². The average molecular weight is 361 g/mol. The number of likely N-dealkylation sites (tertiary alicyclic amines) is 1. The van der Waals surface area contributed by atoms with Crippen molar-refractivity contribution in [3.8, 4) is 0 Å². The van der Waals surface area contributed by atoms with Crippen LogP contribution in [0.25, 0.3) is 0 Å². The van der Waals surface area contributed by atoms with E-state index < -0.39 is 17.4 Å². The molecule has 4 heterocycles. The second-order valence-electron chi connectivity index (χ2n) is 7.80. The molecule has 2 bridgehead atoms. The minimum absolute atomic E-state index is 0.0307. The molecule has 4 aliphatic rings. The van der Waals surface area contributed by atoms with Crippen LogP contribution in [0, 0.1) is 11.8 Å². The minimum atomic E-state index is -0.668. The number of amides is 3. The third-order valence-electron chi connectivity index (χ3n) is 6.37. The van der Waals surface area contributed by atoms with Crippen molar-refractivity contribution < 1.29 is 19.1 Å². The molecule has 2 unspecified atom stereocenters. The van der Waals surface area contributed by atoms with E-state index in [2.05, 4.69) is 19.2 Å². The van der Waals surface area contributed by atoms with Crippen molar-refractivity contribution in [2.75, 3.05) is 26.2 Å². The lowest BCUT2D eigenvalue weighted by atomic mass is 9.76. The molecular formula is C19H27N3O4. The highest BCUT2D eigenvalue weighted by molar-refractivity contribution is 5.94. The molecule has 7 heteroatoms. The Kier molecular flexibility index (Phi) is 4.29. The van der Waals surface area contributed by atoms with Crippen LogP contribution in [0.15, 0.2) is 12.2 Å². The zero-order chi connectivity index (χ0) is 18.5. The Bertz CT molecular complexity index is 659. The highest BCUT2D eigenvalue weighted by Gasteiger charge is 2.67. The van der Waals surface area contributed by atoms with Gasteiger partial charge in [0.05, 0.1) is 31.0 Å². The molecule has 0 aromatic heterocycles. The molecule has 1 spiro atoms. The van der Waals surface area contributed by atoms with Gasteiger partial charge in [-0.05, 0) is 19.3 Å². The Labute approximate surface area is 153 Å². The fourth-order valence-corrected chi connectivity index (χ4v) is 5.05. The Morgan fingerprint density at radius 3 is 2.88 bits per heavy atom. The van der Waals surface area contributed by atoms with Crippen LogP contribution in [0.4, 0.5) is 0 Å². The van der Waals surface area contributed by atoms with E-state index >= 15 is 0 Å². The van der Waals surface area contributed by atoms with Crippen LogP contribution in [0.3, 0.4) is 0 Å². The summed E-state index contributed by atoms with van der Waals surface area (Å²) in [5.74, 6) is -1.21. The molecule has 4 aliphatic heterocycles. The fraction of sp³-hybridized carbons (Fsp3) is 0.737. The molecule has 0 aromatic rings. The van der Waals surface area contributed by atoms with Crippen LogP contribution in [0.5, 0.6) is 0 Å². The largest absolute Gasteiger partial charge is 0.360 e. The number of fused-ring (bicyclic) bond motifs is 1. The summed E-state index contributed by atoms with van der Waals surface area (Å²) in [5.41, 5.74) is -0.668. The van der Waals surface area contributed by atoms with Crippen LogP contribution in [-0.2, 0) is 19.1 Å². The Morgan fingerprint density at radius 2 is 2.15 bits per heavy atom. The first-order valence-corrected chi connectivity index (χ1v) is 9.74. The molecule has 1 N–H and O–H groups in total. The zero-order valence-corrected chi connectivity index (χ0v) is 15.4. The number of carbonyl (C=O) groups excluding carboxylic acids is 3. The van der Waals surface area contributed by atoms with Crippen molar-refractivity contribution in [3.05, 3.63) is 12.2 Å². The van der Waals surface area contributed by atoms with Gasteiger partial charge in [0.25, 0.3) is 0 Å². The van der Waals surface area contributed by atoms with Gasteiger partial charge in [-0.1, -0.05) is 26.0 Å². The summed E-state index contributed by atoms with van der Waals surface area (Å²) in [5, 5.41) is 2.79. The molecule has 4 rings (SSSR count). The van der Waals surface area contributed by atoms with Crippen LogP contribution in [-0.4, -0.2) is 71.4 Å². The maximum atomic E-state index is 13.3. The van der Waals surface area contributed by atoms with E-state index in [4.69, 9.17) is 4.74 Å². The number of rotatable bonds is 4. The standard InChI is InChI=1S/C19H27N3O4/c1-3-12(4-2)22-11-19-7-6-13(26-19)15(16(19)18(22)25)17(24)21-9-5-8-20-14(23)10-21/h6-7,12-13,15-16H,3-5,8-11H2,1-2H3,(H,20,23)/t13-,15?,16?,19-/m0/s1. The SMILES string of the molecule is CCC(CC)N1C[C@]23C=C[C@H](O2)C(C(=O)N2CCCNC(=O)C2)C3C1=O. The molecule has 4 atom stereocenters. The van der Waals surface area contributed by atoms with E-state index in [1.165, 1.54) is 0 Å². The molecule has 0 radical (unpaired) electrons. The van der Waals surface area contributed by atoms with Crippen molar-refractivity contribution in [2.24, 2.45) is 11.8 Å². The van der Waals surface area contributed by atoms with Crippen LogP contribution >= 0.6 is 0 Å². The highest BCUT2D eigenvalue weighted by Crippen LogP contribution is 2.53. The van der Waals surface area contributed by atoms with Gasteiger partial charge < -0.3 is 19.9 Å². The number of hydrogen-bond donors (Lipinski definition) is 1. The molecule has 26 heavy (non-hydrogen) atoms. The van der Waals surface area contributed by atoms with Gasteiger partial charge >= 0.3 is 0 Å². The lowest BCUT2D eigenvalue weighted by molar-refractivity contribution is -0.145. The molecule has 0 aromatic carbocycles. The summed E-state index contributed by atoms with van der Waals surface area (Å²) < 4.78 is 6.18. The van der Waals surface area contributed by atoms with Gasteiger partial charge in [-0.3, -0.25) is 14.4 Å². The zero-order valence-electron chi connectivity index (χ0n) is 15.4. The van der Waals surface area contributed by atoms with Crippen molar-refractivity contribution in [2.45, 2.75) is 50.9 Å². The van der Waals surface area contributed by atoms with Gasteiger partial charge in [-0.15, -0.1) is 0 Å².